The lowest BCUT2D eigenvalue weighted by atomic mass is 9.91. The van der Waals surface area contributed by atoms with E-state index in [0.29, 0.717) is 10.6 Å². The van der Waals surface area contributed by atoms with Crippen LogP contribution in [0, 0.1) is 0 Å². The van der Waals surface area contributed by atoms with Crippen molar-refractivity contribution < 1.29 is 4.79 Å². The van der Waals surface area contributed by atoms with Gasteiger partial charge in [0.2, 0.25) is 0 Å². The van der Waals surface area contributed by atoms with Crippen LogP contribution in [0.1, 0.15) is 21.5 Å². The molecule has 2 aromatic carbocycles. The van der Waals surface area contributed by atoms with Crippen molar-refractivity contribution in [2.24, 2.45) is 0 Å². The standard InChI is InChI=1S/C19H19ClN2O/c20-17-8-4-7-15-11-16-13-21(12-14-5-2-1-3-6-14)9-10-22(16)19(23)18(15)17/h1-8,16H,9-13H2. The molecule has 23 heavy (non-hydrogen) atoms. The number of carbonyl (C=O) groups is 1. The molecule has 1 saturated heterocycles. The van der Waals surface area contributed by atoms with Crippen LogP contribution in [0.3, 0.4) is 0 Å². The topological polar surface area (TPSA) is 23.6 Å². The third kappa shape index (κ3) is 2.75. The molecule has 0 radical (unpaired) electrons. The fourth-order valence-corrected chi connectivity index (χ4v) is 4.00. The molecule has 118 valence electrons. The number of rotatable bonds is 2. The maximum atomic E-state index is 12.8. The highest BCUT2D eigenvalue weighted by atomic mass is 35.5. The van der Waals surface area contributed by atoms with Crippen molar-refractivity contribution in [2.75, 3.05) is 19.6 Å². The summed E-state index contributed by atoms with van der Waals surface area (Å²) >= 11 is 6.25. The third-order valence-corrected chi connectivity index (χ3v) is 5.16. The van der Waals surface area contributed by atoms with Gasteiger partial charge in [0.1, 0.15) is 0 Å². The van der Waals surface area contributed by atoms with Gasteiger partial charge in [-0.05, 0) is 23.6 Å². The molecule has 2 aromatic rings. The summed E-state index contributed by atoms with van der Waals surface area (Å²) < 4.78 is 0. The number of hydrogen-bond acceptors (Lipinski definition) is 2. The first kappa shape index (κ1) is 14.7. The predicted octanol–water partition coefficient (Wildman–Crippen LogP) is 3.22. The van der Waals surface area contributed by atoms with Gasteiger partial charge in [0.25, 0.3) is 5.91 Å². The second-order valence-electron chi connectivity index (χ2n) is 6.35. The van der Waals surface area contributed by atoms with E-state index in [-0.39, 0.29) is 11.9 Å². The minimum atomic E-state index is 0.0983. The Morgan fingerprint density at radius 2 is 1.87 bits per heavy atom. The van der Waals surface area contributed by atoms with Gasteiger partial charge in [-0.3, -0.25) is 9.69 Å². The molecule has 1 atom stereocenters. The largest absolute Gasteiger partial charge is 0.333 e. The van der Waals surface area contributed by atoms with Crippen LogP contribution in [0.5, 0.6) is 0 Å². The van der Waals surface area contributed by atoms with E-state index in [2.05, 4.69) is 29.2 Å². The molecule has 2 aliphatic heterocycles. The van der Waals surface area contributed by atoms with Crippen LogP contribution in [0.2, 0.25) is 5.02 Å². The summed E-state index contributed by atoms with van der Waals surface area (Å²) in [5.74, 6) is 0.0983. The highest BCUT2D eigenvalue weighted by Gasteiger charge is 2.37. The van der Waals surface area contributed by atoms with E-state index in [1.807, 2.05) is 29.2 Å². The van der Waals surface area contributed by atoms with Crippen LogP contribution in [-0.4, -0.2) is 41.4 Å². The molecule has 0 spiro atoms. The molecular formula is C19H19ClN2O. The number of piperazine rings is 1. The van der Waals surface area contributed by atoms with E-state index in [1.54, 1.807) is 0 Å². The number of fused-ring (bicyclic) bond motifs is 2. The van der Waals surface area contributed by atoms with E-state index in [1.165, 1.54) is 5.56 Å². The predicted molar refractivity (Wildman–Crippen MR) is 91.7 cm³/mol. The maximum Gasteiger partial charge on any atom is 0.255 e. The molecule has 1 amide bonds. The van der Waals surface area contributed by atoms with Crippen molar-refractivity contribution in [3.05, 3.63) is 70.2 Å². The molecule has 3 nitrogen and oxygen atoms in total. The molecule has 0 aliphatic carbocycles. The van der Waals surface area contributed by atoms with E-state index < -0.39 is 0 Å². The first-order valence-corrected chi connectivity index (χ1v) is 8.45. The summed E-state index contributed by atoms with van der Waals surface area (Å²) in [4.78, 5) is 17.2. The van der Waals surface area contributed by atoms with Crippen LogP contribution in [0.4, 0.5) is 0 Å². The van der Waals surface area contributed by atoms with Crippen molar-refractivity contribution in [1.29, 1.82) is 0 Å². The summed E-state index contributed by atoms with van der Waals surface area (Å²) in [5.41, 5.74) is 3.12. The van der Waals surface area contributed by atoms with Crippen LogP contribution in [0.15, 0.2) is 48.5 Å². The zero-order valence-electron chi connectivity index (χ0n) is 12.9. The lowest BCUT2D eigenvalue weighted by Gasteiger charge is -2.44. The maximum absolute atomic E-state index is 12.8. The molecule has 4 rings (SSSR count). The van der Waals surface area contributed by atoms with Crippen LogP contribution in [-0.2, 0) is 13.0 Å². The SMILES string of the molecule is O=C1c2c(Cl)cccc2CC2CN(Cc3ccccc3)CCN12. The Labute approximate surface area is 141 Å². The van der Waals surface area contributed by atoms with Crippen molar-refractivity contribution in [3.8, 4) is 0 Å². The normalized spacial score (nSPS) is 21.0. The van der Waals surface area contributed by atoms with Crippen molar-refractivity contribution >= 4 is 17.5 Å². The Kier molecular flexibility index (Phi) is 3.83. The fourth-order valence-electron chi connectivity index (χ4n) is 3.72. The summed E-state index contributed by atoms with van der Waals surface area (Å²) in [6.45, 7) is 3.56. The fraction of sp³-hybridized carbons (Fsp3) is 0.316. The molecule has 0 N–H and O–H groups in total. The van der Waals surface area contributed by atoms with Gasteiger partial charge in [0.15, 0.2) is 0 Å². The first-order valence-electron chi connectivity index (χ1n) is 8.07. The second kappa shape index (κ2) is 5.99. The van der Waals surface area contributed by atoms with Crippen molar-refractivity contribution in [3.63, 3.8) is 0 Å². The summed E-state index contributed by atoms with van der Waals surface area (Å²) in [6, 6.07) is 16.6. The van der Waals surface area contributed by atoms with Gasteiger partial charge in [-0.2, -0.15) is 0 Å². The number of nitrogens with zero attached hydrogens (tertiary/aromatic N) is 2. The second-order valence-corrected chi connectivity index (χ2v) is 6.76. The highest BCUT2D eigenvalue weighted by Crippen LogP contribution is 2.30. The number of hydrogen-bond donors (Lipinski definition) is 0. The van der Waals surface area contributed by atoms with Crippen molar-refractivity contribution in [2.45, 2.75) is 19.0 Å². The third-order valence-electron chi connectivity index (χ3n) is 4.85. The summed E-state index contributed by atoms with van der Waals surface area (Å²) in [6.07, 6.45) is 0.896. The van der Waals surface area contributed by atoms with E-state index in [9.17, 15) is 4.79 Å². The van der Waals surface area contributed by atoms with Gasteiger partial charge in [-0.25, -0.2) is 0 Å². The number of carbonyl (C=O) groups excluding carboxylic acids is 1. The van der Waals surface area contributed by atoms with Gasteiger partial charge >= 0.3 is 0 Å². The number of benzene rings is 2. The zero-order valence-corrected chi connectivity index (χ0v) is 13.7. The van der Waals surface area contributed by atoms with Crippen LogP contribution >= 0.6 is 11.6 Å². The number of amides is 1. The monoisotopic (exact) mass is 326 g/mol. The molecule has 0 aromatic heterocycles. The lowest BCUT2D eigenvalue weighted by molar-refractivity contribution is 0.0402. The van der Waals surface area contributed by atoms with E-state index in [4.69, 9.17) is 11.6 Å². The average Bonchev–Trinajstić information content (AvgIpc) is 2.55. The summed E-state index contributed by atoms with van der Waals surface area (Å²) in [7, 11) is 0. The van der Waals surface area contributed by atoms with Crippen LogP contribution in [0.25, 0.3) is 0 Å². The first-order chi connectivity index (χ1) is 11.2. The Morgan fingerprint density at radius 3 is 2.70 bits per heavy atom. The van der Waals surface area contributed by atoms with Crippen LogP contribution < -0.4 is 0 Å². The Bertz CT molecular complexity index is 731. The van der Waals surface area contributed by atoms with Gasteiger partial charge in [-0.1, -0.05) is 54.1 Å². The molecule has 2 aliphatic rings. The minimum Gasteiger partial charge on any atom is -0.333 e. The van der Waals surface area contributed by atoms with E-state index >= 15 is 0 Å². The lowest BCUT2D eigenvalue weighted by Crippen LogP contribution is -2.57. The Balaban J connectivity index is 1.54. The molecule has 1 fully saturated rings. The van der Waals surface area contributed by atoms with Gasteiger partial charge in [0.05, 0.1) is 10.6 Å². The molecular weight excluding hydrogens is 308 g/mol. The molecule has 1 unspecified atom stereocenters. The molecule has 2 heterocycles. The zero-order chi connectivity index (χ0) is 15.8. The van der Waals surface area contributed by atoms with Gasteiger partial charge < -0.3 is 4.90 Å². The van der Waals surface area contributed by atoms with Crippen molar-refractivity contribution in [1.82, 2.24) is 9.80 Å². The summed E-state index contributed by atoms with van der Waals surface area (Å²) in [5, 5.41) is 0.581. The Hall–Kier alpha value is -1.84. The highest BCUT2D eigenvalue weighted by molar-refractivity contribution is 6.34. The minimum absolute atomic E-state index is 0.0983. The smallest absolute Gasteiger partial charge is 0.255 e. The quantitative estimate of drug-likeness (QED) is 0.846. The van der Waals surface area contributed by atoms with E-state index in [0.717, 1.165) is 38.2 Å². The van der Waals surface area contributed by atoms with Gasteiger partial charge in [-0.15, -0.1) is 0 Å². The number of halogens is 1. The molecule has 4 heteroatoms. The van der Waals surface area contributed by atoms with Gasteiger partial charge in [0, 0.05) is 32.2 Å². The molecule has 0 bridgehead atoms. The average molecular weight is 327 g/mol. The Morgan fingerprint density at radius 1 is 1.04 bits per heavy atom. The molecule has 0 saturated carbocycles.